The van der Waals surface area contributed by atoms with Gasteiger partial charge < -0.3 is 14.5 Å². The Morgan fingerprint density at radius 1 is 1.20 bits per heavy atom. The Balaban J connectivity index is 1.42. The molecule has 5 unspecified atom stereocenters. The van der Waals surface area contributed by atoms with E-state index >= 15 is 0 Å². The lowest BCUT2D eigenvalue weighted by atomic mass is 9.86. The largest absolute Gasteiger partial charge is 0.374 e. The lowest BCUT2D eigenvalue weighted by Gasteiger charge is -2.47. The van der Waals surface area contributed by atoms with Crippen molar-refractivity contribution >= 4 is 21.8 Å². The SMILES string of the molecule is CN(C)C1CCC2C(C1)OCCN2C(=O)C1CC1c1ccc(Br)cc1. The van der Waals surface area contributed by atoms with Crippen LogP contribution < -0.4 is 0 Å². The molecule has 1 saturated heterocycles. The number of morpholine rings is 1. The van der Waals surface area contributed by atoms with Gasteiger partial charge in [0.2, 0.25) is 5.91 Å². The van der Waals surface area contributed by atoms with Crippen molar-refractivity contribution in [2.45, 2.75) is 49.8 Å². The molecule has 1 aromatic carbocycles. The summed E-state index contributed by atoms with van der Waals surface area (Å²) in [6.45, 7) is 1.44. The van der Waals surface area contributed by atoms with Crippen LogP contribution in [-0.2, 0) is 9.53 Å². The van der Waals surface area contributed by atoms with Crippen molar-refractivity contribution in [1.82, 2.24) is 9.80 Å². The molecule has 1 aliphatic heterocycles. The average molecular weight is 407 g/mol. The van der Waals surface area contributed by atoms with Gasteiger partial charge >= 0.3 is 0 Å². The second kappa shape index (κ2) is 7.01. The zero-order valence-electron chi connectivity index (χ0n) is 15.0. The number of carbonyl (C=O) groups excluding carboxylic acids is 1. The van der Waals surface area contributed by atoms with Gasteiger partial charge in [-0.3, -0.25) is 4.79 Å². The molecule has 1 aromatic rings. The number of carbonyl (C=O) groups is 1. The van der Waals surface area contributed by atoms with Crippen LogP contribution in [0.5, 0.6) is 0 Å². The number of fused-ring (bicyclic) bond motifs is 1. The van der Waals surface area contributed by atoms with Gasteiger partial charge in [0.1, 0.15) is 0 Å². The molecule has 0 bridgehead atoms. The van der Waals surface area contributed by atoms with E-state index in [1.807, 2.05) is 0 Å². The molecule has 0 radical (unpaired) electrons. The highest BCUT2D eigenvalue weighted by Crippen LogP contribution is 2.49. The van der Waals surface area contributed by atoms with E-state index in [-0.39, 0.29) is 18.1 Å². The van der Waals surface area contributed by atoms with Crippen molar-refractivity contribution in [2.24, 2.45) is 5.92 Å². The summed E-state index contributed by atoms with van der Waals surface area (Å²) >= 11 is 3.48. The van der Waals surface area contributed by atoms with E-state index in [9.17, 15) is 4.79 Å². The molecule has 0 spiro atoms. The Bertz CT molecular complexity index is 633. The normalized spacial score (nSPS) is 34.7. The van der Waals surface area contributed by atoms with Crippen molar-refractivity contribution < 1.29 is 9.53 Å². The third kappa shape index (κ3) is 3.51. The quantitative estimate of drug-likeness (QED) is 0.771. The Hall–Kier alpha value is -0.910. The maximum absolute atomic E-state index is 13.1. The summed E-state index contributed by atoms with van der Waals surface area (Å²) in [5.41, 5.74) is 1.29. The number of amides is 1. The molecule has 4 rings (SSSR count). The summed E-state index contributed by atoms with van der Waals surface area (Å²) in [6.07, 6.45) is 4.47. The average Bonchev–Trinajstić information content (AvgIpc) is 3.41. The molecule has 25 heavy (non-hydrogen) atoms. The van der Waals surface area contributed by atoms with E-state index in [1.165, 1.54) is 5.56 Å². The molecular weight excluding hydrogens is 380 g/mol. The van der Waals surface area contributed by atoms with Crippen LogP contribution in [0.2, 0.25) is 0 Å². The van der Waals surface area contributed by atoms with Crippen molar-refractivity contribution in [3.8, 4) is 0 Å². The minimum Gasteiger partial charge on any atom is -0.374 e. The van der Waals surface area contributed by atoms with Crippen molar-refractivity contribution in [3.05, 3.63) is 34.3 Å². The van der Waals surface area contributed by atoms with Crippen LogP contribution in [-0.4, -0.2) is 61.1 Å². The molecule has 3 fully saturated rings. The zero-order valence-corrected chi connectivity index (χ0v) is 16.6. The van der Waals surface area contributed by atoms with E-state index in [2.05, 4.69) is 64.1 Å². The van der Waals surface area contributed by atoms with Crippen LogP contribution in [0.1, 0.15) is 37.2 Å². The van der Waals surface area contributed by atoms with Gasteiger partial charge in [-0.25, -0.2) is 0 Å². The van der Waals surface area contributed by atoms with Crippen LogP contribution in [0.25, 0.3) is 0 Å². The lowest BCUT2D eigenvalue weighted by molar-refractivity contribution is -0.153. The van der Waals surface area contributed by atoms with Crippen LogP contribution in [0.3, 0.4) is 0 Å². The fraction of sp³-hybridized carbons (Fsp3) is 0.650. The topological polar surface area (TPSA) is 32.8 Å². The van der Waals surface area contributed by atoms with Gasteiger partial charge in [0.05, 0.1) is 18.8 Å². The number of hydrogen-bond donors (Lipinski definition) is 0. The van der Waals surface area contributed by atoms with E-state index in [0.717, 1.165) is 36.7 Å². The first-order chi connectivity index (χ1) is 12.0. The molecule has 2 saturated carbocycles. The molecule has 5 heteroatoms. The number of nitrogens with zero attached hydrogens (tertiary/aromatic N) is 2. The molecule has 2 aliphatic carbocycles. The number of hydrogen-bond acceptors (Lipinski definition) is 3. The van der Waals surface area contributed by atoms with Gasteiger partial charge in [-0.05, 0) is 63.4 Å². The van der Waals surface area contributed by atoms with Crippen molar-refractivity contribution in [1.29, 1.82) is 0 Å². The highest BCUT2D eigenvalue weighted by molar-refractivity contribution is 9.10. The molecule has 5 atom stereocenters. The third-order valence-corrected chi connectivity index (χ3v) is 6.74. The number of ether oxygens (including phenoxy) is 1. The van der Waals surface area contributed by atoms with E-state index < -0.39 is 0 Å². The van der Waals surface area contributed by atoms with Gasteiger partial charge in [-0.1, -0.05) is 28.1 Å². The molecule has 136 valence electrons. The molecular formula is C20H27BrN2O2. The van der Waals surface area contributed by atoms with Crippen LogP contribution >= 0.6 is 15.9 Å². The summed E-state index contributed by atoms with van der Waals surface area (Å²) in [5, 5.41) is 0. The predicted octanol–water partition coefficient (Wildman–Crippen LogP) is 3.26. The Morgan fingerprint density at radius 3 is 2.68 bits per heavy atom. The number of benzene rings is 1. The van der Waals surface area contributed by atoms with E-state index in [0.29, 0.717) is 24.5 Å². The van der Waals surface area contributed by atoms with Gasteiger partial charge in [0.25, 0.3) is 0 Å². The summed E-state index contributed by atoms with van der Waals surface area (Å²) in [5.74, 6) is 0.932. The van der Waals surface area contributed by atoms with Crippen molar-refractivity contribution in [2.75, 3.05) is 27.2 Å². The van der Waals surface area contributed by atoms with Crippen LogP contribution in [0.4, 0.5) is 0 Å². The van der Waals surface area contributed by atoms with Gasteiger partial charge in [-0.2, -0.15) is 0 Å². The molecule has 1 heterocycles. The molecule has 1 amide bonds. The maximum atomic E-state index is 13.1. The first-order valence-corrected chi connectivity index (χ1v) is 10.2. The smallest absolute Gasteiger partial charge is 0.226 e. The predicted molar refractivity (Wildman–Crippen MR) is 102 cm³/mol. The Kier molecular flexibility index (Phi) is 4.91. The maximum Gasteiger partial charge on any atom is 0.226 e. The second-order valence-electron chi connectivity index (χ2n) is 7.94. The van der Waals surface area contributed by atoms with E-state index in [1.54, 1.807) is 0 Å². The monoisotopic (exact) mass is 406 g/mol. The standard InChI is InChI=1S/C20H27BrN2O2/c1-22(2)15-7-8-18-19(11-15)25-10-9-23(18)20(24)17-12-16(17)13-3-5-14(21)6-4-13/h3-6,15-19H,7-12H2,1-2H3. The Labute approximate surface area is 158 Å². The summed E-state index contributed by atoms with van der Waals surface area (Å²) in [4.78, 5) is 17.6. The van der Waals surface area contributed by atoms with E-state index in [4.69, 9.17) is 4.74 Å². The minimum atomic E-state index is 0.173. The lowest BCUT2D eigenvalue weighted by Crippen LogP contribution is -2.58. The fourth-order valence-corrected chi connectivity index (χ4v) is 4.86. The third-order valence-electron chi connectivity index (χ3n) is 6.21. The zero-order chi connectivity index (χ0) is 17.6. The summed E-state index contributed by atoms with van der Waals surface area (Å²) in [7, 11) is 4.29. The molecule has 0 aromatic heterocycles. The Morgan fingerprint density at radius 2 is 1.96 bits per heavy atom. The first-order valence-electron chi connectivity index (χ1n) is 9.38. The fourth-order valence-electron chi connectivity index (χ4n) is 4.60. The van der Waals surface area contributed by atoms with Crippen molar-refractivity contribution in [3.63, 3.8) is 0 Å². The number of rotatable bonds is 3. The highest BCUT2D eigenvalue weighted by atomic mass is 79.9. The van der Waals surface area contributed by atoms with Gasteiger partial charge in [-0.15, -0.1) is 0 Å². The highest BCUT2D eigenvalue weighted by Gasteiger charge is 2.49. The van der Waals surface area contributed by atoms with Crippen LogP contribution in [0, 0.1) is 5.92 Å². The number of halogens is 1. The molecule has 3 aliphatic rings. The molecule has 4 nitrogen and oxygen atoms in total. The second-order valence-corrected chi connectivity index (χ2v) is 8.85. The van der Waals surface area contributed by atoms with Gasteiger partial charge in [0.15, 0.2) is 0 Å². The van der Waals surface area contributed by atoms with Gasteiger partial charge in [0, 0.05) is 23.0 Å². The molecule has 0 N–H and O–H groups in total. The van der Waals surface area contributed by atoms with Crippen LogP contribution in [0.15, 0.2) is 28.7 Å². The summed E-state index contributed by atoms with van der Waals surface area (Å²) < 4.78 is 7.13. The summed E-state index contributed by atoms with van der Waals surface area (Å²) in [6, 6.07) is 9.29. The minimum absolute atomic E-state index is 0.173. The first kappa shape index (κ1) is 17.5.